The molecular formula is C50H28B2O6. The van der Waals surface area contributed by atoms with E-state index in [0.29, 0.717) is 46.0 Å². The van der Waals surface area contributed by atoms with Crippen molar-refractivity contribution in [2.45, 2.75) is 0 Å². The summed E-state index contributed by atoms with van der Waals surface area (Å²) in [6.07, 6.45) is 0. The summed E-state index contributed by atoms with van der Waals surface area (Å²) < 4.78 is 40.0. The first kappa shape index (κ1) is 31.6. The molecule has 0 radical (unpaired) electrons. The van der Waals surface area contributed by atoms with Gasteiger partial charge in [0.1, 0.15) is 69.0 Å². The number of rotatable bonds is 4. The molecule has 0 bridgehead atoms. The van der Waals surface area contributed by atoms with Gasteiger partial charge >= 0.3 is 0 Å². The fourth-order valence-corrected chi connectivity index (χ4v) is 9.19. The average molecular weight is 746 g/mol. The third-order valence-corrected chi connectivity index (χ3v) is 11.7. The Morgan fingerprint density at radius 2 is 0.672 bits per heavy atom. The van der Waals surface area contributed by atoms with E-state index in [-0.39, 0.29) is 13.4 Å². The van der Waals surface area contributed by atoms with Crippen LogP contribution in [0, 0.1) is 0 Å². The van der Waals surface area contributed by atoms with Crippen LogP contribution in [-0.4, -0.2) is 13.4 Å². The predicted octanol–water partition coefficient (Wildman–Crippen LogP) is 9.03. The Morgan fingerprint density at radius 3 is 1.14 bits per heavy atom. The van der Waals surface area contributed by atoms with Crippen molar-refractivity contribution in [1.29, 1.82) is 0 Å². The minimum absolute atomic E-state index is 0.146. The van der Waals surface area contributed by atoms with Crippen molar-refractivity contribution in [2.75, 3.05) is 0 Å². The highest BCUT2D eigenvalue weighted by Crippen LogP contribution is 2.43. The van der Waals surface area contributed by atoms with Crippen LogP contribution in [0.15, 0.2) is 170 Å². The summed E-state index contributed by atoms with van der Waals surface area (Å²) in [7, 11) is 0. The molecule has 0 amide bonds. The maximum absolute atomic E-state index is 6.87. The number of fused-ring (bicyclic) bond motifs is 10. The minimum atomic E-state index is -0.146. The van der Waals surface area contributed by atoms with E-state index in [2.05, 4.69) is 78.9 Å². The van der Waals surface area contributed by atoms with E-state index in [4.69, 9.17) is 28.4 Å². The van der Waals surface area contributed by atoms with Crippen LogP contribution in [0.3, 0.4) is 0 Å². The Hall–Kier alpha value is -7.57. The zero-order valence-electron chi connectivity index (χ0n) is 30.8. The molecule has 0 atom stereocenters. The Morgan fingerprint density at radius 1 is 0.276 bits per heavy atom. The number of benzene rings is 9. The van der Waals surface area contributed by atoms with Crippen LogP contribution >= 0.6 is 0 Å². The van der Waals surface area contributed by atoms with E-state index >= 15 is 0 Å². The molecule has 0 unspecified atom stereocenters. The van der Waals surface area contributed by atoms with Gasteiger partial charge in [0.15, 0.2) is 0 Å². The largest absolute Gasteiger partial charge is 0.458 e. The maximum atomic E-state index is 6.87. The zero-order valence-corrected chi connectivity index (χ0v) is 30.8. The molecule has 9 aromatic rings. The number of ether oxygens (including phenoxy) is 6. The lowest BCUT2D eigenvalue weighted by Gasteiger charge is -2.36. The molecule has 0 spiro atoms. The van der Waals surface area contributed by atoms with Gasteiger partial charge in [-0.25, -0.2) is 0 Å². The highest BCUT2D eigenvalue weighted by molar-refractivity contribution is 7.01. The van der Waals surface area contributed by atoms with Crippen LogP contribution in [-0.2, 0) is 0 Å². The molecule has 0 saturated heterocycles. The fourth-order valence-electron chi connectivity index (χ4n) is 9.19. The summed E-state index contributed by atoms with van der Waals surface area (Å²) in [5.41, 5.74) is 6.17. The third-order valence-electron chi connectivity index (χ3n) is 11.7. The van der Waals surface area contributed by atoms with Gasteiger partial charge in [0.25, 0.3) is 13.4 Å². The van der Waals surface area contributed by atoms with E-state index in [1.54, 1.807) is 0 Å². The average Bonchev–Trinajstić information content (AvgIpc) is 3.25. The summed E-state index contributed by atoms with van der Waals surface area (Å²) in [5, 5.41) is 4.52. The molecule has 0 aromatic heterocycles. The van der Waals surface area contributed by atoms with E-state index in [1.807, 2.05) is 91.0 Å². The second kappa shape index (κ2) is 12.0. The third kappa shape index (κ3) is 4.81. The first-order chi connectivity index (χ1) is 28.7. The molecule has 0 fully saturated rings. The Bertz CT molecular complexity index is 3020. The van der Waals surface area contributed by atoms with Crippen molar-refractivity contribution in [3.8, 4) is 69.0 Å². The summed E-state index contributed by atoms with van der Waals surface area (Å²) in [5.74, 6) is 8.53. The molecule has 4 heterocycles. The second-order valence-corrected chi connectivity index (χ2v) is 15.2. The van der Waals surface area contributed by atoms with Gasteiger partial charge in [0, 0.05) is 41.3 Å². The van der Waals surface area contributed by atoms with Gasteiger partial charge < -0.3 is 28.4 Å². The molecule has 4 aliphatic heterocycles. The van der Waals surface area contributed by atoms with Crippen LogP contribution in [0.1, 0.15) is 0 Å². The van der Waals surface area contributed by atoms with Crippen LogP contribution in [0.2, 0.25) is 0 Å². The molecule has 58 heavy (non-hydrogen) atoms. The van der Waals surface area contributed by atoms with Gasteiger partial charge in [-0.1, -0.05) is 103 Å². The van der Waals surface area contributed by atoms with Crippen LogP contribution in [0.4, 0.5) is 0 Å². The molecule has 13 rings (SSSR count). The van der Waals surface area contributed by atoms with Crippen molar-refractivity contribution in [3.63, 3.8) is 0 Å². The molecular weight excluding hydrogens is 718 g/mol. The predicted molar refractivity (Wildman–Crippen MR) is 230 cm³/mol. The molecule has 6 nitrogen and oxygen atoms in total. The zero-order chi connectivity index (χ0) is 37.9. The minimum Gasteiger partial charge on any atom is -0.458 e. The van der Waals surface area contributed by atoms with Crippen molar-refractivity contribution in [3.05, 3.63) is 170 Å². The summed E-state index contributed by atoms with van der Waals surface area (Å²) in [6.45, 7) is -0.292. The lowest BCUT2D eigenvalue weighted by molar-refractivity contribution is 0.435. The van der Waals surface area contributed by atoms with Crippen molar-refractivity contribution >= 4 is 67.7 Å². The topological polar surface area (TPSA) is 55.4 Å². The normalized spacial score (nSPS) is 13.3. The van der Waals surface area contributed by atoms with E-state index in [1.165, 1.54) is 0 Å². The molecule has 4 aliphatic rings. The maximum Gasteiger partial charge on any atom is 0.260 e. The van der Waals surface area contributed by atoms with Crippen molar-refractivity contribution in [1.82, 2.24) is 0 Å². The van der Waals surface area contributed by atoms with Crippen molar-refractivity contribution < 1.29 is 28.4 Å². The number of hydrogen-bond acceptors (Lipinski definition) is 6. The van der Waals surface area contributed by atoms with Gasteiger partial charge in [-0.15, -0.1) is 0 Å². The van der Waals surface area contributed by atoms with Crippen LogP contribution < -0.4 is 61.2 Å². The number of para-hydroxylation sites is 2. The summed E-state index contributed by atoms with van der Waals surface area (Å²) in [6, 6.07) is 57.4. The second-order valence-electron chi connectivity index (χ2n) is 15.2. The Balaban J connectivity index is 0.940. The van der Waals surface area contributed by atoms with E-state index in [9.17, 15) is 0 Å². The first-order valence-electron chi connectivity index (χ1n) is 19.4. The Labute approximate surface area is 333 Å². The van der Waals surface area contributed by atoms with Gasteiger partial charge in [-0.05, 0) is 79.8 Å². The smallest absolute Gasteiger partial charge is 0.260 e. The fraction of sp³-hybridized carbons (Fsp3) is 0. The van der Waals surface area contributed by atoms with Crippen LogP contribution in [0.25, 0.3) is 21.5 Å². The monoisotopic (exact) mass is 746 g/mol. The first-order valence-corrected chi connectivity index (χ1v) is 19.4. The molecule has 0 N–H and O–H groups in total. The lowest BCUT2D eigenvalue weighted by atomic mass is 9.31. The molecule has 270 valence electrons. The summed E-state index contributed by atoms with van der Waals surface area (Å²) >= 11 is 0. The SMILES string of the molecule is c1ccc2c(c1)Oc1cc(Oc3ccc4ccccc4c3)cc3c1B2c1cc2c(cc1O3)Oc1cc(Oc3ccc4ccccc4c3)cc3c1B2c1ccccc1O3. The standard InChI is InChI=1S/C50H28B2O6/c1-3-11-31-21-33(19-17-29(31)9-1)53-35-23-45-49-47(25-35)57-43-28-44-40(27-39(43)51(49)37-13-5-7-15-41(37)55-45)52-38-14-6-8-16-42(38)56-46-24-36(26-48(58-44)50(46)52)54-34-20-18-30-10-2-4-12-32(30)22-34/h1-28H. The number of hydrogen-bond donors (Lipinski definition) is 0. The van der Waals surface area contributed by atoms with Gasteiger partial charge in [0.05, 0.1) is 0 Å². The van der Waals surface area contributed by atoms with E-state index < -0.39 is 0 Å². The highest BCUT2D eigenvalue weighted by atomic mass is 16.5. The van der Waals surface area contributed by atoms with Gasteiger partial charge in [-0.2, -0.15) is 0 Å². The molecule has 9 aromatic carbocycles. The van der Waals surface area contributed by atoms with Crippen molar-refractivity contribution in [2.24, 2.45) is 0 Å². The lowest BCUT2D eigenvalue weighted by Crippen LogP contribution is -2.61. The van der Waals surface area contributed by atoms with E-state index in [0.717, 1.165) is 77.3 Å². The van der Waals surface area contributed by atoms with Gasteiger partial charge in [-0.3, -0.25) is 0 Å². The van der Waals surface area contributed by atoms with Gasteiger partial charge in [0.2, 0.25) is 0 Å². The van der Waals surface area contributed by atoms with Crippen LogP contribution in [0.5, 0.6) is 69.0 Å². The molecule has 8 heteroatoms. The summed E-state index contributed by atoms with van der Waals surface area (Å²) in [4.78, 5) is 0. The highest BCUT2D eigenvalue weighted by Gasteiger charge is 2.45. The molecule has 0 aliphatic carbocycles. The quantitative estimate of drug-likeness (QED) is 0.168. The Kier molecular flexibility index (Phi) is 6.52. The molecule has 0 saturated carbocycles.